The molecule has 18 heavy (non-hydrogen) atoms. The van der Waals surface area contributed by atoms with E-state index in [1.54, 1.807) is 0 Å². The Kier molecular flexibility index (Phi) is 5.50. The number of rotatable bonds is 5. The number of nitrogens with zero attached hydrogens (tertiary/aromatic N) is 1. The Bertz CT molecular complexity index is 231. The van der Waals surface area contributed by atoms with E-state index in [2.05, 4.69) is 31.0 Å². The zero-order valence-electron chi connectivity index (χ0n) is 12.6. The lowest BCUT2D eigenvalue weighted by molar-refractivity contribution is 0.111. The molecule has 2 atom stereocenters. The van der Waals surface area contributed by atoms with Crippen molar-refractivity contribution in [1.82, 2.24) is 10.2 Å². The summed E-state index contributed by atoms with van der Waals surface area (Å²) in [6, 6.07) is 1.57. The summed E-state index contributed by atoms with van der Waals surface area (Å²) >= 11 is 0. The second-order valence-electron chi connectivity index (χ2n) is 6.84. The summed E-state index contributed by atoms with van der Waals surface area (Å²) in [6.07, 6.45) is 8.40. The van der Waals surface area contributed by atoms with Gasteiger partial charge in [0.25, 0.3) is 0 Å². The predicted molar refractivity (Wildman–Crippen MR) is 78.9 cm³/mol. The number of likely N-dealkylation sites (tertiary alicyclic amines) is 1. The lowest BCUT2D eigenvalue weighted by Crippen LogP contribution is -2.52. The molecule has 1 saturated heterocycles. The van der Waals surface area contributed by atoms with E-state index in [9.17, 15) is 0 Å². The van der Waals surface area contributed by atoms with Gasteiger partial charge in [-0.25, -0.2) is 0 Å². The highest BCUT2D eigenvalue weighted by Gasteiger charge is 2.30. The summed E-state index contributed by atoms with van der Waals surface area (Å²) in [6.45, 7) is 11.0. The number of piperidine rings is 1. The first-order chi connectivity index (χ1) is 8.69. The lowest BCUT2D eigenvalue weighted by Gasteiger charge is -2.40. The van der Waals surface area contributed by atoms with Gasteiger partial charge >= 0.3 is 0 Å². The average molecular weight is 252 g/mol. The summed E-state index contributed by atoms with van der Waals surface area (Å²) in [7, 11) is 0. The molecule has 0 bridgehead atoms. The molecule has 2 unspecified atom stereocenters. The van der Waals surface area contributed by atoms with Crippen LogP contribution in [0.4, 0.5) is 0 Å². The highest BCUT2D eigenvalue weighted by molar-refractivity contribution is 4.87. The van der Waals surface area contributed by atoms with Crippen LogP contribution in [0.1, 0.15) is 59.3 Å². The number of hydrogen-bond donors (Lipinski definition) is 1. The molecule has 1 heterocycles. The molecule has 1 saturated carbocycles. The molecule has 0 aromatic carbocycles. The summed E-state index contributed by atoms with van der Waals surface area (Å²) in [5.74, 6) is 1.72. The molecule has 0 amide bonds. The molecule has 1 aliphatic carbocycles. The van der Waals surface area contributed by atoms with Gasteiger partial charge in [0.15, 0.2) is 0 Å². The summed E-state index contributed by atoms with van der Waals surface area (Å²) < 4.78 is 0. The Morgan fingerprint density at radius 1 is 1.11 bits per heavy atom. The minimum absolute atomic E-state index is 0.751. The van der Waals surface area contributed by atoms with Gasteiger partial charge in [-0.1, -0.05) is 33.6 Å². The van der Waals surface area contributed by atoms with Crippen LogP contribution in [-0.4, -0.2) is 36.6 Å². The Morgan fingerprint density at radius 2 is 1.83 bits per heavy atom. The van der Waals surface area contributed by atoms with E-state index in [0.717, 1.165) is 23.9 Å². The van der Waals surface area contributed by atoms with E-state index < -0.39 is 0 Å². The van der Waals surface area contributed by atoms with E-state index >= 15 is 0 Å². The van der Waals surface area contributed by atoms with Crippen LogP contribution in [0.3, 0.4) is 0 Å². The predicted octanol–water partition coefficient (Wildman–Crippen LogP) is 3.28. The van der Waals surface area contributed by atoms with Crippen molar-refractivity contribution in [2.75, 3.05) is 19.6 Å². The van der Waals surface area contributed by atoms with Crippen LogP contribution in [0.2, 0.25) is 0 Å². The van der Waals surface area contributed by atoms with E-state index in [1.807, 2.05) is 0 Å². The van der Waals surface area contributed by atoms with Crippen LogP contribution < -0.4 is 5.32 Å². The fraction of sp³-hybridized carbons (Fsp3) is 1.00. The van der Waals surface area contributed by atoms with Crippen molar-refractivity contribution in [2.45, 2.75) is 71.4 Å². The van der Waals surface area contributed by atoms with Crippen molar-refractivity contribution < 1.29 is 0 Å². The maximum absolute atomic E-state index is 3.95. The minimum Gasteiger partial charge on any atom is -0.310 e. The van der Waals surface area contributed by atoms with E-state index in [4.69, 9.17) is 0 Å². The standard InChI is InChI=1S/C16H32N2/c1-4-9-18-11-14(13(2)3)10-16(12-18)17-15-7-5-6-8-15/h13-17H,4-12H2,1-3H3. The third-order valence-electron chi connectivity index (χ3n) is 4.87. The van der Waals surface area contributed by atoms with E-state index in [0.29, 0.717) is 0 Å². The zero-order valence-corrected chi connectivity index (χ0v) is 12.6. The number of hydrogen-bond acceptors (Lipinski definition) is 2. The summed E-state index contributed by atoms with van der Waals surface area (Å²) in [5, 5.41) is 3.95. The Hall–Kier alpha value is -0.0800. The van der Waals surface area contributed by atoms with Crippen LogP contribution in [0.5, 0.6) is 0 Å². The van der Waals surface area contributed by atoms with Crippen molar-refractivity contribution in [3.05, 3.63) is 0 Å². The van der Waals surface area contributed by atoms with Crippen LogP contribution in [-0.2, 0) is 0 Å². The maximum atomic E-state index is 3.95. The molecule has 2 aliphatic rings. The SMILES string of the molecule is CCCN1CC(NC2CCCC2)CC(C(C)C)C1. The van der Waals surface area contributed by atoms with Crippen molar-refractivity contribution in [1.29, 1.82) is 0 Å². The second-order valence-corrected chi connectivity index (χ2v) is 6.84. The Morgan fingerprint density at radius 3 is 2.44 bits per heavy atom. The van der Waals surface area contributed by atoms with Crippen molar-refractivity contribution in [3.8, 4) is 0 Å². The molecule has 0 aromatic rings. The first kappa shape index (κ1) is 14.3. The van der Waals surface area contributed by atoms with Gasteiger partial charge in [0.2, 0.25) is 0 Å². The first-order valence-electron chi connectivity index (χ1n) is 8.17. The van der Waals surface area contributed by atoms with Crippen LogP contribution in [0.15, 0.2) is 0 Å². The molecule has 2 heteroatoms. The van der Waals surface area contributed by atoms with Gasteiger partial charge in [0, 0.05) is 25.2 Å². The van der Waals surface area contributed by atoms with Gasteiger partial charge in [-0.2, -0.15) is 0 Å². The lowest BCUT2D eigenvalue weighted by atomic mass is 9.85. The molecule has 106 valence electrons. The summed E-state index contributed by atoms with van der Waals surface area (Å²) in [4.78, 5) is 2.70. The van der Waals surface area contributed by atoms with Gasteiger partial charge in [-0.05, 0) is 44.1 Å². The van der Waals surface area contributed by atoms with Crippen LogP contribution >= 0.6 is 0 Å². The molecule has 0 spiro atoms. The molecule has 0 radical (unpaired) electrons. The molecule has 1 N–H and O–H groups in total. The largest absolute Gasteiger partial charge is 0.310 e. The van der Waals surface area contributed by atoms with Gasteiger partial charge in [-0.15, -0.1) is 0 Å². The van der Waals surface area contributed by atoms with Crippen LogP contribution in [0, 0.1) is 11.8 Å². The maximum Gasteiger partial charge on any atom is 0.0200 e. The normalized spacial score (nSPS) is 31.3. The highest BCUT2D eigenvalue weighted by Crippen LogP contribution is 2.26. The Balaban J connectivity index is 1.87. The number of nitrogens with one attached hydrogen (secondary N) is 1. The average Bonchev–Trinajstić information content (AvgIpc) is 2.82. The fourth-order valence-electron chi connectivity index (χ4n) is 3.76. The zero-order chi connectivity index (χ0) is 13.0. The topological polar surface area (TPSA) is 15.3 Å². The molecule has 2 rings (SSSR count). The second kappa shape index (κ2) is 6.91. The van der Waals surface area contributed by atoms with Crippen LogP contribution in [0.25, 0.3) is 0 Å². The summed E-state index contributed by atoms with van der Waals surface area (Å²) in [5.41, 5.74) is 0. The fourth-order valence-corrected chi connectivity index (χ4v) is 3.76. The van der Waals surface area contributed by atoms with Crippen molar-refractivity contribution in [2.24, 2.45) is 11.8 Å². The first-order valence-corrected chi connectivity index (χ1v) is 8.17. The molecule has 0 aromatic heterocycles. The van der Waals surface area contributed by atoms with Gasteiger partial charge in [0.1, 0.15) is 0 Å². The molecule has 2 fully saturated rings. The van der Waals surface area contributed by atoms with E-state index in [-0.39, 0.29) is 0 Å². The van der Waals surface area contributed by atoms with Crippen molar-refractivity contribution in [3.63, 3.8) is 0 Å². The third-order valence-corrected chi connectivity index (χ3v) is 4.87. The highest BCUT2D eigenvalue weighted by atomic mass is 15.2. The molecular formula is C16H32N2. The van der Waals surface area contributed by atoms with Gasteiger partial charge in [0.05, 0.1) is 0 Å². The quantitative estimate of drug-likeness (QED) is 0.808. The molecular weight excluding hydrogens is 220 g/mol. The molecule has 1 aliphatic heterocycles. The van der Waals surface area contributed by atoms with Gasteiger partial charge < -0.3 is 10.2 Å². The van der Waals surface area contributed by atoms with Crippen molar-refractivity contribution >= 4 is 0 Å². The minimum atomic E-state index is 0.751. The van der Waals surface area contributed by atoms with Gasteiger partial charge in [-0.3, -0.25) is 0 Å². The third kappa shape index (κ3) is 3.96. The molecule has 2 nitrogen and oxygen atoms in total. The smallest absolute Gasteiger partial charge is 0.0200 e. The van der Waals surface area contributed by atoms with E-state index in [1.165, 1.54) is 58.2 Å². The Labute approximate surface area is 114 Å². The monoisotopic (exact) mass is 252 g/mol.